The van der Waals surface area contributed by atoms with Gasteiger partial charge in [-0.2, -0.15) is 8.42 Å². The molecule has 15 heavy (non-hydrogen) atoms. The van der Waals surface area contributed by atoms with Crippen LogP contribution in [0.2, 0.25) is 0 Å². The predicted octanol–water partition coefficient (Wildman–Crippen LogP) is 0.566. The van der Waals surface area contributed by atoms with Crippen LogP contribution in [0.25, 0.3) is 0 Å². The fraction of sp³-hybridized carbons (Fsp3) is 0.125. The average molecular weight is 245 g/mol. The summed E-state index contributed by atoms with van der Waals surface area (Å²) in [6.07, 6.45) is 0.256. The number of benzene rings is 1. The molecule has 0 aliphatic carbocycles. The normalized spacial score (nSPS) is 12.5. The molecule has 1 aromatic rings. The van der Waals surface area contributed by atoms with Gasteiger partial charge in [-0.1, -0.05) is 40.5 Å². The average Bonchev–Trinajstić information content (AvgIpc) is 2.15. The highest BCUT2D eigenvalue weighted by atomic mass is 32.3. The van der Waals surface area contributed by atoms with E-state index in [1.807, 2.05) is 18.2 Å². The highest BCUT2D eigenvalue weighted by Gasteiger charge is 1.92. The Morgan fingerprint density at radius 2 is 2.00 bits per heavy atom. The van der Waals surface area contributed by atoms with Gasteiger partial charge >= 0.3 is 0 Å². The minimum atomic E-state index is -4.82. The lowest BCUT2D eigenvalue weighted by Gasteiger charge is -2.11. The van der Waals surface area contributed by atoms with Gasteiger partial charge in [0.25, 0.3) is 10.4 Å². The van der Waals surface area contributed by atoms with Crippen LogP contribution < -0.4 is 0 Å². The lowest BCUT2D eigenvalue weighted by atomic mass is 10.2. The first kappa shape index (κ1) is 11.9. The molecule has 0 amide bonds. The molecule has 5 nitrogen and oxygen atoms in total. The van der Waals surface area contributed by atoms with Crippen LogP contribution in [0.4, 0.5) is 0 Å². The summed E-state index contributed by atoms with van der Waals surface area (Å²) in [5, 5.41) is 3.02. The van der Waals surface area contributed by atoms with E-state index in [0.717, 1.165) is 5.56 Å². The standard InChI is InChI=1S/C8H9NO4S2/c10-15(11,12)13-9-8(14)6-7-4-2-1-3-5-7/h1-5H,6H2,(H,9,14)(H,10,11,12)/p-2. The van der Waals surface area contributed by atoms with E-state index >= 15 is 0 Å². The van der Waals surface area contributed by atoms with Crippen LogP contribution in [0.15, 0.2) is 35.5 Å². The Kier molecular flexibility index (Phi) is 4.01. The van der Waals surface area contributed by atoms with E-state index in [-0.39, 0.29) is 11.5 Å². The number of rotatable bonds is 4. The first-order chi connectivity index (χ1) is 6.97. The van der Waals surface area contributed by atoms with Gasteiger partial charge in [-0.3, -0.25) is 4.28 Å². The summed E-state index contributed by atoms with van der Waals surface area (Å²) in [7, 11) is -4.82. The molecule has 82 valence electrons. The Labute approximate surface area is 93.1 Å². The second kappa shape index (κ2) is 5.06. The van der Waals surface area contributed by atoms with E-state index < -0.39 is 10.4 Å². The van der Waals surface area contributed by atoms with Crippen LogP contribution in [0.3, 0.4) is 0 Å². The lowest BCUT2D eigenvalue weighted by molar-refractivity contribution is 0.275. The van der Waals surface area contributed by atoms with Crippen LogP contribution in [0.1, 0.15) is 5.56 Å². The molecule has 0 radical (unpaired) electrons. The molecule has 0 aliphatic rings. The van der Waals surface area contributed by atoms with E-state index in [1.54, 1.807) is 12.1 Å². The molecule has 0 N–H and O–H groups in total. The van der Waals surface area contributed by atoms with E-state index in [1.165, 1.54) is 0 Å². The third-order valence-electron chi connectivity index (χ3n) is 1.43. The molecule has 1 rings (SSSR count). The van der Waals surface area contributed by atoms with E-state index in [4.69, 9.17) is 12.6 Å². The van der Waals surface area contributed by atoms with Gasteiger partial charge < -0.3 is 17.2 Å². The predicted molar refractivity (Wildman–Crippen MR) is 55.7 cm³/mol. The van der Waals surface area contributed by atoms with Crippen LogP contribution >= 0.6 is 0 Å². The molecule has 0 aromatic heterocycles. The lowest BCUT2D eigenvalue weighted by Crippen LogP contribution is -2.04. The van der Waals surface area contributed by atoms with Crippen molar-refractivity contribution < 1.29 is 17.3 Å². The van der Waals surface area contributed by atoms with Crippen LogP contribution in [0.5, 0.6) is 0 Å². The van der Waals surface area contributed by atoms with Crippen molar-refractivity contribution in [3.05, 3.63) is 35.9 Å². The summed E-state index contributed by atoms with van der Waals surface area (Å²) < 4.78 is 33.8. The van der Waals surface area contributed by atoms with E-state index in [9.17, 15) is 13.0 Å². The van der Waals surface area contributed by atoms with Gasteiger partial charge in [-0.25, -0.2) is 0 Å². The van der Waals surface area contributed by atoms with Crippen molar-refractivity contribution in [1.82, 2.24) is 0 Å². The van der Waals surface area contributed by atoms with Gasteiger partial charge in [0.05, 0.1) is 0 Å². The molecule has 0 heterocycles. The Morgan fingerprint density at radius 3 is 2.53 bits per heavy atom. The van der Waals surface area contributed by atoms with Gasteiger partial charge in [0.15, 0.2) is 0 Å². The van der Waals surface area contributed by atoms with Crippen molar-refractivity contribution in [3.8, 4) is 0 Å². The quantitative estimate of drug-likeness (QED) is 0.193. The third kappa shape index (κ3) is 5.31. The highest BCUT2D eigenvalue weighted by Crippen LogP contribution is 2.01. The smallest absolute Gasteiger partial charge is 0.283 e. The van der Waals surface area contributed by atoms with E-state index in [2.05, 4.69) is 9.44 Å². The summed E-state index contributed by atoms with van der Waals surface area (Å²) >= 11 is 4.71. The Morgan fingerprint density at radius 1 is 1.40 bits per heavy atom. The maximum Gasteiger partial charge on any atom is 0.283 e. The number of hydrogen-bond donors (Lipinski definition) is 0. The molecule has 0 aliphatic heterocycles. The number of nitrogens with zero attached hydrogens (tertiary/aromatic N) is 1. The second-order valence-electron chi connectivity index (χ2n) is 2.63. The molecule has 1 aromatic carbocycles. The Balaban J connectivity index is 2.60. The van der Waals surface area contributed by atoms with Crippen LogP contribution in [0, 0.1) is 0 Å². The topological polar surface area (TPSA) is 78.8 Å². The maximum atomic E-state index is 10.1. The monoisotopic (exact) mass is 245 g/mol. The largest absolute Gasteiger partial charge is 0.761 e. The summed E-state index contributed by atoms with van der Waals surface area (Å²) in [4.78, 5) is 0. The summed E-state index contributed by atoms with van der Waals surface area (Å²) in [5.41, 5.74) is 0.859. The van der Waals surface area contributed by atoms with Crippen LogP contribution in [-0.2, 0) is 33.7 Å². The third-order valence-corrected chi connectivity index (χ3v) is 1.90. The Hall–Kier alpha value is -1.18. The second-order valence-corrected chi connectivity index (χ2v) is 4.07. The molecule has 0 saturated carbocycles. The summed E-state index contributed by atoms with van der Waals surface area (Å²) in [6, 6.07) is 9.05. The van der Waals surface area contributed by atoms with Gasteiger partial charge in [0.2, 0.25) is 0 Å². The van der Waals surface area contributed by atoms with Crippen molar-refractivity contribution in [1.29, 1.82) is 0 Å². The van der Waals surface area contributed by atoms with Crippen molar-refractivity contribution in [2.45, 2.75) is 6.42 Å². The summed E-state index contributed by atoms with van der Waals surface area (Å²) in [6.45, 7) is 0. The zero-order valence-electron chi connectivity index (χ0n) is 7.49. The SMILES string of the molecule is O=S(=O)([O-])ON=C([S-])Cc1ccccc1. The van der Waals surface area contributed by atoms with Crippen molar-refractivity contribution in [3.63, 3.8) is 0 Å². The number of hydrogen-bond acceptors (Lipinski definition) is 6. The molecular weight excluding hydrogens is 238 g/mol. The minimum absolute atomic E-state index is 0.000579. The zero-order chi connectivity index (χ0) is 11.3. The minimum Gasteiger partial charge on any atom is -0.761 e. The zero-order valence-corrected chi connectivity index (χ0v) is 9.12. The fourth-order valence-corrected chi connectivity index (χ4v) is 1.32. The molecule has 0 unspecified atom stereocenters. The molecule has 0 spiro atoms. The Bertz CT molecular complexity index is 441. The molecule has 0 atom stereocenters. The summed E-state index contributed by atoms with van der Waals surface area (Å²) in [5.74, 6) is 0. The molecule has 0 bridgehead atoms. The highest BCUT2D eigenvalue weighted by molar-refractivity contribution is 7.81. The van der Waals surface area contributed by atoms with Crippen molar-refractivity contribution in [2.75, 3.05) is 0 Å². The van der Waals surface area contributed by atoms with Gasteiger partial charge in [-0.05, 0) is 12.0 Å². The molecule has 7 heteroatoms. The fourth-order valence-electron chi connectivity index (χ4n) is 0.890. The maximum absolute atomic E-state index is 10.1. The first-order valence-electron chi connectivity index (χ1n) is 3.89. The van der Waals surface area contributed by atoms with Crippen molar-refractivity contribution >= 4 is 28.1 Å². The first-order valence-corrected chi connectivity index (χ1v) is 5.64. The van der Waals surface area contributed by atoms with E-state index in [0.29, 0.717) is 0 Å². The van der Waals surface area contributed by atoms with Gasteiger partial charge in [-0.15, -0.1) is 0 Å². The van der Waals surface area contributed by atoms with Gasteiger partial charge in [0.1, 0.15) is 0 Å². The number of oxime groups is 1. The van der Waals surface area contributed by atoms with Crippen LogP contribution in [-0.4, -0.2) is 18.0 Å². The molecular formula is C8H7NO4S2-2. The molecule has 0 saturated heterocycles. The van der Waals surface area contributed by atoms with Crippen molar-refractivity contribution in [2.24, 2.45) is 5.16 Å². The molecule has 0 fully saturated rings. The van der Waals surface area contributed by atoms with Gasteiger partial charge in [0, 0.05) is 0 Å².